The van der Waals surface area contributed by atoms with Gasteiger partial charge in [-0.2, -0.15) is 13.2 Å². The Labute approximate surface area is 138 Å². The van der Waals surface area contributed by atoms with Gasteiger partial charge in [-0.15, -0.1) is 0 Å². The van der Waals surface area contributed by atoms with Gasteiger partial charge in [0.2, 0.25) is 0 Å². The summed E-state index contributed by atoms with van der Waals surface area (Å²) < 4.78 is 50.7. The molecule has 2 aliphatic rings. The monoisotopic (exact) mass is 355 g/mol. The Bertz CT molecular complexity index is 436. The third kappa shape index (κ3) is 4.68. The number of halogens is 4. The molecule has 0 aromatic rings. The Morgan fingerprint density at radius 1 is 1.04 bits per heavy atom. The number of hydrogen-bond donors (Lipinski definition) is 4. The Morgan fingerprint density at radius 3 is 2.21 bits per heavy atom. The highest BCUT2D eigenvalue weighted by atomic mass is 19.4. The van der Waals surface area contributed by atoms with Gasteiger partial charge < -0.3 is 20.6 Å². The molecule has 0 heterocycles. The first-order valence-electron chi connectivity index (χ1n) is 8.35. The van der Waals surface area contributed by atoms with Gasteiger partial charge in [-0.25, -0.2) is 4.39 Å². The maximum absolute atomic E-state index is 12.8. The standard InChI is InChI=1S/C16H25F4NO3/c17-8-10-7-12(14(23)15(24)13(10)22)21-6-5-9-1-3-11(4-2-9)16(18,19)20/h7,9,11-15,21-24H,1-6,8H2/t9?,11?,12-,13+,14+,15+/m1/s1. The first-order chi connectivity index (χ1) is 11.2. The third-order valence-corrected chi connectivity index (χ3v) is 5.21. The van der Waals surface area contributed by atoms with Gasteiger partial charge in [0, 0.05) is 0 Å². The SMILES string of the molecule is O[C@@H]1[C@@H](O)[C@@H](O)C(CF)=C[C@H]1NCCC1CCC(C(F)(F)F)CC1. The van der Waals surface area contributed by atoms with Crippen molar-refractivity contribution in [2.75, 3.05) is 13.2 Å². The Morgan fingerprint density at radius 2 is 1.67 bits per heavy atom. The smallest absolute Gasteiger partial charge is 0.388 e. The third-order valence-electron chi connectivity index (χ3n) is 5.21. The number of hydrogen-bond acceptors (Lipinski definition) is 4. The number of nitrogens with one attached hydrogen (secondary N) is 1. The van der Waals surface area contributed by atoms with Gasteiger partial charge in [-0.3, -0.25) is 0 Å². The molecule has 1 saturated carbocycles. The van der Waals surface area contributed by atoms with E-state index in [2.05, 4.69) is 5.32 Å². The highest BCUT2D eigenvalue weighted by Crippen LogP contribution is 2.40. The normalized spacial score (nSPS) is 38.0. The van der Waals surface area contributed by atoms with E-state index < -0.39 is 43.1 Å². The molecule has 0 saturated heterocycles. The van der Waals surface area contributed by atoms with E-state index in [0.29, 0.717) is 25.8 Å². The summed E-state index contributed by atoms with van der Waals surface area (Å²) in [6.45, 7) is -0.466. The Kier molecular flexibility index (Phi) is 6.64. The largest absolute Gasteiger partial charge is 0.391 e. The summed E-state index contributed by atoms with van der Waals surface area (Å²) in [5.74, 6) is -1.01. The predicted molar refractivity (Wildman–Crippen MR) is 80.0 cm³/mol. The zero-order valence-electron chi connectivity index (χ0n) is 13.3. The average Bonchev–Trinajstić information content (AvgIpc) is 2.54. The van der Waals surface area contributed by atoms with Crippen LogP contribution in [0, 0.1) is 11.8 Å². The van der Waals surface area contributed by atoms with Crippen LogP contribution in [0.1, 0.15) is 32.1 Å². The highest BCUT2D eigenvalue weighted by molar-refractivity contribution is 5.21. The van der Waals surface area contributed by atoms with E-state index in [0.717, 1.165) is 0 Å². The van der Waals surface area contributed by atoms with Crippen LogP contribution in [0.3, 0.4) is 0 Å². The molecule has 0 radical (unpaired) electrons. The Hall–Kier alpha value is -0.700. The van der Waals surface area contributed by atoms with E-state index in [-0.39, 0.29) is 24.3 Å². The van der Waals surface area contributed by atoms with Crippen molar-refractivity contribution in [1.29, 1.82) is 0 Å². The van der Waals surface area contributed by atoms with Crippen LogP contribution in [-0.2, 0) is 0 Å². The molecule has 140 valence electrons. The van der Waals surface area contributed by atoms with E-state index >= 15 is 0 Å². The van der Waals surface area contributed by atoms with Gasteiger partial charge in [0.15, 0.2) is 0 Å². The van der Waals surface area contributed by atoms with Crippen LogP contribution in [0.2, 0.25) is 0 Å². The van der Waals surface area contributed by atoms with E-state index in [4.69, 9.17) is 0 Å². The molecule has 0 aromatic heterocycles. The summed E-state index contributed by atoms with van der Waals surface area (Å²) in [6, 6.07) is -0.680. The van der Waals surface area contributed by atoms with Crippen LogP contribution in [0.4, 0.5) is 17.6 Å². The maximum Gasteiger partial charge on any atom is 0.391 e. The summed E-state index contributed by atoms with van der Waals surface area (Å²) in [5, 5.41) is 32.2. The van der Waals surface area contributed by atoms with Crippen LogP contribution in [-0.4, -0.2) is 59.1 Å². The molecule has 0 spiro atoms. The lowest BCUT2D eigenvalue weighted by Crippen LogP contribution is -2.54. The molecule has 0 unspecified atom stereocenters. The lowest BCUT2D eigenvalue weighted by atomic mass is 9.80. The second-order valence-corrected chi connectivity index (χ2v) is 6.83. The van der Waals surface area contributed by atoms with Crippen molar-refractivity contribution in [3.63, 3.8) is 0 Å². The maximum atomic E-state index is 12.8. The molecular formula is C16H25F4NO3. The molecule has 2 rings (SSSR count). The molecule has 0 aliphatic heterocycles. The first kappa shape index (κ1) is 19.6. The van der Waals surface area contributed by atoms with Crippen LogP contribution in [0.5, 0.6) is 0 Å². The van der Waals surface area contributed by atoms with Crippen molar-refractivity contribution < 1.29 is 32.9 Å². The lowest BCUT2D eigenvalue weighted by Gasteiger charge is -2.35. The van der Waals surface area contributed by atoms with Crippen molar-refractivity contribution in [2.24, 2.45) is 11.8 Å². The van der Waals surface area contributed by atoms with E-state index in [1.54, 1.807) is 0 Å². The zero-order valence-corrected chi connectivity index (χ0v) is 13.3. The Balaban J connectivity index is 1.77. The summed E-state index contributed by atoms with van der Waals surface area (Å²) in [4.78, 5) is 0. The van der Waals surface area contributed by atoms with Crippen LogP contribution in [0.25, 0.3) is 0 Å². The summed E-state index contributed by atoms with van der Waals surface area (Å²) in [6.07, 6.45) is -4.86. The van der Waals surface area contributed by atoms with Crippen molar-refractivity contribution in [3.05, 3.63) is 11.6 Å². The van der Waals surface area contributed by atoms with Gasteiger partial charge in [-0.1, -0.05) is 6.08 Å². The van der Waals surface area contributed by atoms with Crippen LogP contribution < -0.4 is 5.32 Å². The number of alkyl halides is 4. The molecule has 2 aliphatic carbocycles. The summed E-state index contributed by atoms with van der Waals surface area (Å²) in [5.41, 5.74) is 0.0241. The lowest BCUT2D eigenvalue weighted by molar-refractivity contribution is -0.184. The zero-order chi connectivity index (χ0) is 17.9. The average molecular weight is 355 g/mol. The van der Waals surface area contributed by atoms with E-state index in [9.17, 15) is 32.9 Å². The molecule has 4 nitrogen and oxygen atoms in total. The molecule has 0 aromatic carbocycles. The summed E-state index contributed by atoms with van der Waals surface area (Å²) in [7, 11) is 0. The number of rotatable bonds is 5. The molecular weight excluding hydrogens is 330 g/mol. The topological polar surface area (TPSA) is 72.7 Å². The molecule has 4 atom stereocenters. The fourth-order valence-corrected chi connectivity index (χ4v) is 3.58. The minimum Gasteiger partial charge on any atom is -0.388 e. The highest BCUT2D eigenvalue weighted by Gasteiger charge is 2.41. The van der Waals surface area contributed by atoms with Crippen molar-refractivity contribution >= 4 is 0 Å². The second kappa shape index (κ2) is 8.12. The summed E-state index contributed by atoms with van der Waals surface area (Å²) >= 11 is 0. The fraction of sp³-hybridized carbons (Fsp3) is 0.875. The van der Waals surface area contributed by atoms with Gasteiger partial charge in [0.05, 0.1) is 12.0 Å². The molecule has 4 N–H and O–H groups in total. The predicted octanol–water partition coefficient (Wildman–Crippen LogP) is 1.70. The van der Waals surface area contributed by atoms with Crippen molar-refractivity contribution in [3.8, 4) is 0 Å². The molecule has 24 heavy (non-hydrogen) atoms. The molecule has 0 bridgehead atoms. The quantitative estimate of drug-likeness (QED) is 0.447. The van der Waals surface area contributed by atoms with Crippen molar-refractivity contribution in [1.82, 2.24) is 5.32 Å². The second-order valence-electron chi connectivity index (χ2n) is 6.83. The minimum absolute atomic E-state index is 0.0241. The van der Waals surface area contributed by atoms with Gasteiger partial charge in [0.25, 0.3) is 0 Å². The number of aliphatic hydroxyl groups is 3. The minimum atomic E-state index is -4.11. The van der Waals surface area contributed by atoms with Crippen molar-refractivity contribution in [2.45, 2.75) is 62.6 Å². The van der Waals surface area contributed by atoms with Gasteiger partial charge >= 0.3 is 6.18 Å². The molecule has 8 heteroatoms. The van der Waals surface area contributed by atoms with Gasteiger partial charge in [0.1, 0.15) is 25.0 Å². The molecule has 1 fully saturated rings. The fourth-order valence-electron chi connectivity index (χ4n) is 3.58. The van der Waals surface area contributed by atoms with Gasteiger partial charge in [-0.05, 0) is 50.1 Å². The molecule has 0 amide bonds. The first-order valence-corrected chi connectivity index (χ1v) is 8.35. The van der Waals surface area contributed by atoms with Crippen LogP contribution >= 0.6 is 0 Å². The van der Waals surface area contributed by atoms with E-state index in [1.165, 1.54) is 6.08 Å². The number of aliphatic hydroxyl groups excluding tert-OH is 3. The van der Waals surface area contributed by atoms with E-state index in [1.807, 2.05) is 0 Å². The van der Waals surface area contributed by atoms with Crippen LogP contribution in [0.15, 0.2) is 11.6 Å².